The quantitative estimate of drug-likeness (QED) is 0.305. The molecular weight excluding hydrogens is 140 g/mol. The molecule has 0 saturated carbocycles. The summed E-state index contributed by atoms with van der Waals surface area (Å²) < 4.78 is 0. The standard InChI is InChI=1S/C7H16Si2/c1-3-5-8-7-9-6-4-2/h3-4H,1-2,5-9H2. The third-order valence-corrected chi connectivity index (χ3v) is 6.95. The Hall–Kier alpha value is -0.0862. The van der Waals surface area contributed by atoms with Gasteiger partial charge in [0, 0.05) is 19.0 Å². The van der Waals surface area contributed by atoms with Crippen LogP contribution in [0.5, 0.6) is 0 Å². The van der Waals surface area contributed by atoms with Crippen LogP contribution in [0.1, 0.15) is 0 Å². The molecular formula is C7H16Si2. The number of rotatable bonds is 6. The van der Waals surface area contributed by atoms with E-state index in [1.807, 2.05) is 0 Å². The van der Waals surface area contributed by atoms with Crippen LogP contribution in [-0.4, -0.2) is 19.0 Å². The van der Waals surface area contributed by atoms with E-state index in [1.54, 1.807) is 5.67 Å². The summed E-state index contributed by atoms with van der Waals surface area (Å²) in [4.78, 5) is 0. The van der Waals surface area contributed by atoms with Crippen molar-refractivity contribution in [2.24, 2.45) is 0 Å². The molecule has 0 N–H and O–H groups in total. The fraction of sp³-hybridized carbons (Fsp3) is 0.429. The molecule has 0 nitrogen and oxygen atoms in total. The van der Waals surface area contributed by atoms with Gasteiger partial charge in [-0.3, -0.25) is 0 Å². The fourth-order valence-corrected chi connectivity index (χ4v) is 5.06. The van der Waals surface area contributed by atoms with E-state index in [1.165, 1.54) is 12.1 Å². The highest BCUT2D eigenvalue weighted by atomic mass is 28.3. The minimum absolute atomic E-state index is 0.287. The van der Waals surface area contributed by atoms with Crippen molar-refractivity contribution in [3.8, 4) is 0 Å². The predicted octanol–water partition coefficient (Wildman–Crippen LogP) is 0.908. The Bertz CT molecular complexity index is 69.0. The third-order valence-electron chi connectivity index (χ3n) is 1.32. The molecule has 0 unspecified atom stereocenters. The van der Waals surface area contributed by atoms with Gasteiger partial charge in [0.15, 0.2) is 0 Å². The molecule has 0 saturated heterocycles. The van der Waals surface area contributed by atoms with Gasteiger partial charge in [-0.2, -0.15) is 0 Å². The summed E-state index contributed by atoms with van der Waals surface area (Å²) in [7, 11) is 0.574. The van der Waals surface area contributed by atoms with Crippen molar-refractivity contribution >= 4 is 19.0 Å². The zero-order valence-electron chi connectivity index (χ0n) is 6.10. The number of allylic oxidation sites excluding steroid dienone is 2. The van der Waals surface area contributed by atoms with E-state index in [2.05, 4.69) is 25.3 Å². The maximum atomic E-state index is 3.71. The van der Waals surface area contributed by atoms with Crippen molar-refractivity contribution in [3.05, 3.63) is 25.3 Å². The van der Waals surface area contributed by atoms with E-state index < -0.39 is 0 Å². The normalized spacial score (nSPS) is 11.6. The molecule has 0 radical (unpaired) electrons. The largest absolute Gasteiger partial charge is 0.103 e. The van der Waals surface area contributed by atoms with Gasteiger partial charge in [0.2, 0.25) is 0 Å². The first-order valence-electron chi connectivity index (χ1n) is 3.63. The molecule has 0 aromatic carbocycles. The highest BCUT2D eigenvalue weighted by molar-refractivity contribution is 6.56. The Morgan fingerprint density at radius 3 is 1.78 bits per heavy atom. The van der Waals surface area contributed by atoms with Gasteiger partial charge in [-0.05, 0) is 12.1 Å². The van der Waals surface area contributed by atoms with Crippen molar-refractivity contribution in [3.63, 3.8) is 0 Å². The molecule has 0 aromatic rings. The second-order valence-corrected chi connectivity index (χ2v) is 7.61. The van der Waals surface area contributed by atoms with E-state index in [9.17, 15) is 0 Å². The van der Waals surface area contributed by atoms with E-state index in [0.717, 1.165) is 0 Å². The topological polar surface area (TPSA) is 0 Å². The van der Waals surface area contributed by atoms with Crippen molar-refractivity contribution in [1.82, 2.24) is 0 Å². The molecule has 0 aromatic heterocycles. The minimum Gasteiger partial charge on any atom is -0.103 e. The second kappa shape index (κ2) is 7.91. The molecule has 52 valence electrons. The van der Waals surface area contributed by atoms with Crippen molar-refractivity contribution in [2.45, 2.75) is 17.8 Å². The fourth-order valence-electron chi connectivity index (χ4n) is 0.754. The molecule has 0 amide bonds. The highest BCUT2D eigenvalue weighted by Gasteiger charge is 1.85. The van der Waals surface area contributed by atoms with Crippen LogP contribution in [0.2, 0.25) is 17.8 Å². The first kappa shape index (κ1) is 8.91. The molecule has 2 heteroatoms. The lowest BCUT2D eigenvalue weighted by Gasteiger charge is -1.90. The number of hydrogen-bond acceptors (Lipinski definition) is 0. The van der Waals surface area contributed by atoms with Crippen LogP contribution in [0.3, 0.4) is 0 Å². The lowest BCUT2D eigenvalue weighted by molar-refractivity contribution is 1.63. The van der Waals surface area contributed by atoms with Gasteiger partial charge in [-0.25, -0.2) is 0 Å². The van der Waals surface area contributed by atoms with E-state index in [-0.39, 0.29) is 19.0 Å². The van der Waals surface area contributed by atoms with Gasteiger partial charge in [-0.1, -0.05) is 17.8 Å². The van der Waals surface area contributed by atoms with Crippen molar-refractivity contribution in [2.75, 3.05) is 0 Å². The van der Waals surface area contributed by atoms with Gasteiger partial charge in [0.25, 0.3) is 0 Å². The monoisotopic (exact) mass is 156 g/mol. The summed E-state index contributed by atoms with van der Waals surface area (Å²) in [6.07, 6.45) is 4.13. The smallest absolute Gasteiger partial charge is 0.0209 e. The molecule has 0 aliphatic rings. The van der Waals surface area contributed by atoms with Crippen LogP contribution >= 0.6 is 0 Å². The van der Waals surface area contributed by atoms with Crippen LogP contribution in [0.4, 0.5) is 0 Å². The minimum atomic E-state index is 0.287. The van der Waals surface area contributed by atoms with Crippen LogP contribution in [0, 0.1) is 0 Å². The van der Waals surface area contributed by atoms with Gasteiger partial charge in [-0.15, -0.1) is 13.2 Å². The highest BCUT2D eigenvalue weighted by Crippen LogP contribution is 1.88. The van der Waals surface area contributed by atoms with E-state index in [0.29, 0.717) is 0 Å². The average molecular weight is 156 g/mol. The van der Waals surface area contributed by atoms with Crippen LogP contribution in [0.25, 0.3) is 0 Å². The van der Waals surface area contributed by atoms with Crippen molar-refractivity contribution < 1.29 is 0 Å². The van der Waals surface area contributed by atoms with Gasteiger partial charge in [0.1, 0.15) is 0 Å². The summed E-state index contributed by atoms with van der Waals surface area (Å²) in [6, 6.07) is 2.67. The summed E-state index contributed by atoms with van der Waals surface area (Å²) in [6.45, 7) is 7.42. The maximum Gasteiger partial charge on any atom is 0.0209 e. The summed E-state index contributed by atoms with van der Waals surface area (Å²) in [5.74, 6) is 0. The Morgan fingerprint density at radius 1 is 1.00 bits per heavy atom. The first-order valence-corrected chi connectivity index (χ1v) is 7.63. The summed E-state index contributed by atoms with van der Waals surface area (Å²) in [5, 5.41) is 0. The van der Waals surface area contributed by atoms with Gasteiger partial charge >= 0.3 is 0 Å². The SMILES string of the molecule is C=CC[SiH2]C[SiH2]CC=C. The summed E-state index contributed by atoms with van der Waals surface area (Å²) >= 11 is 0. The lowest BCUT2D eigenvalue weighted by atomic mass is 10.8. The molecule has 0 spiro atoms. The Kier molecular flexibility index (Phi) is 7.84. The zero-order chi connectivity index (χ0) is 6.95. The predicted molar refractivity (Wildman–Crippen MR) is 51.9 cm³/mol. The molecule has 9 heavy (non-hydrogen) atoms. The molecule has 0 fully saturated rings. The maximum absolute atomic E-state index is 3.71. The lowest BCUT2D eigenvalue weighted by Crippen LogP contribution is -1.93. The van der Waals surface area contributed by atoms with Crippen LogP contribution in [0.15, 0.2) is 25.3 Å². The zero-order valence-corrected chi connectivity index (χ0v) is 8.93. The van der Waals surface area contributed by atoms with Crippen molar-refractivity contribution in [1.29, 1.82) is 0 Å². The van der Waals surface area contributed by atoms with Crippen LogP contribution in [-0.2, 0) is 0 Å². The van der Waals surface area contributed by atoms with Gasteiger partial charge < -0.3 is 0 Å². The number of hydrogen-bond donors (Lipinski definition) is 0. The average Bonchev–Trinajstić information content (AvgIpc) is 1.89. The van der Waals surface area contributed by atoms with Crippen LogP contribution < -0.4 is 0 Å². The Morgan fingerprint density at radius 2 is 1.44 bits per heavy atom. The first-order chi connectivity index (χ1) is 4.41. The van der Waals surface area contributed by atoms with E-state index >= 15 is 0 Å². The molecule has 0 aliphatic carbocycles. The summed E-state index contributed by atoms with van der Waals surface area (Å²) in [5.41, 5.74) is 1.60. The van der Waals surface area contributed by atoms with E-state index in [4.69, 9.17) is 0 Å². The van der Waals surface area contributed by atoms with Gasteiger partial charge in [0.05, 0.1) is 0 Å². The third kappa shape index (κ3) is 7.91. The Labute approximate surface area is 62.7 Å². The Balaban J connectivity index is 2.74. The molecule has 0 bridgehead atoms. The molecule has 0 atom stereocenters. The second-order valence-electron chi connectivity index (χ2n) is 2.22. The molecule has 0 heterocycles. The molecule has 0 aliphatic heterocycles. The molecule has 0 rings (SSSR count).